The minimum atomic E-state index is 0.678. The van der Waals surface area contributed by atoms with E-state index in [1.807, 2.05) is 12.1 Å². The van der Waals surface area contributed by atoms with Crippen LogP contribution in [0.1, 0.15) is 33.6 Å². The molecule has 0 radical (unpaired) electrons. The van der Waals surface area contributed by atoms with Gasteiger partial charge in [-0.3, -0.25) is 0 Å². The summed E-state index contributed by atoms with van der Waals surface area (Å²) in [6, 6.07) is 6.19. The molecule has 2 rings (SSSR count). The molecular formula is C17H24N2OS. The van der Waals surface area contributed by atoms with Crippen molar-refractivity contribution in [2.75, 3.05) is 13.2 Å². The number of rotatable bonds is 7. The van der Waals surface area contributed by atoms with Crippen molar-refractivity contribution in [1.82, 2.24) is 10.3 Å². The van der Waals surface area contributed by atoms with Crippen LogP contribution in [0.15, 0.2) is 18.2 Å². The number of hydrogen-bond acceptors (Lipinski definition) is 4. The van der Waals surface area contributed by atoms with Gasteiger partial charge < -0.3 is 10.1 Å². The van der Waals surface area contributed by atoms with Crippen LogP contribution in [0.3, 0.4) is 0 Å². The largest absolute Gasteiger partial charge is 0.493 e. The summed E-state index contributed by atoms with van der Waals surface area (Å²) in [5, 5.41) is 4.51. The van der Waals surface area contributed by atoms with Crippen LogP contribution in [0, 0.1) is 20.8 Å². The highest BCUT2D eigenvalue weighted by Crippen LogP contribution is 2.22. The van der Waals surface area contributed by atoms with Crippen LogP contribution in [0.5, 0.6) is 5.75 Å². The molecular weight excluding hydrogens is 280 g/mol. The van der Waals surface area contributed by atoms with Gasteiger partial charge in [-0.25, -0.2) is 4.98 Å². The first-order valence-electron chi connectivity index (χ1n) is 7.46. The molecule has 0 spiro atoms. The van der Waals surface area contributed by atoms with Gasteiger partial charge in [0.25, 0.3) is 0 Å². The minimum Gasteiger partial charge on any atom is -0.493 e. The van der Waals surface area contributed by atoms with Gasteiger partial charge in [0.2, 0.25) is 0 Å². The molecule has 0 aliphatic heterocycles. The van der Waals surface area contributed by atoms with Gasteiger partial charge in [-0.15, -0.1) is 11.3 Å². The van der Waals surface area contributed by atoms with Crippen LogP contribution >= 0.6 is 11.3 Å². The molecule has 1 aromatic carbocycles. The zero-order valence-electron chi connectivity index (χ0n) is 13.3. The third-order valence-electron chi connectivity index (χ3n) is 3.60. The Hall–Kier alpha value is -1.39. The van der Waals surface area contributed by atoms with Crippen molar-refractivity contribution < 1.29 is 4.74 Å². The first-order chi connectivity index (χ1) is 10.1. The van der Waals surface area contributed by atoms with Gasteiger partial charge in [-0.1, -0.05) is 19.1 Å². The van der Waals surface area contributed by atoms with Crippen LogP contribution in [-0.4, -0.2) is 18.1 Å². The fraction of sp³-hybridized carbons (Fsp3) is 0.471. The average molecular weight is 304 g/mol. The highest BCUT2D eigenvalue weighted by molar-refractivity contribution is 7.11. The molecule has 1 N–H and O–H groups in total. The second-order valence-corrected chi connectivity index (χ2v) is 6.36. The second kappa shape index (κ2) is 7.57. The third kappa shape index (κ3) is 4.29. The highest BCUT2D eigenvalue weighted by Gasteiger charge is 2.08. The van der Waals surface area contributed by atoms with Gasteiger partial charge in [0.15, 0.2) is 0 Å². The second-order valence-electron chi connectivity index (χ2n) is 5.19. The number of aromatic nitrogens is 1. The van der Waals surface area contributed by atoms with Crippen molar-refractivity contribution in [1.29, 1.82) is 0 Å². The molecule has 3 nitrogen and oxygen atoms in total. The fourth-order valence-electron chi connectivity index (χ4n) is 2.13. The van der Waals surface area contributed by atoms with Gasteiger partial charge in [0, 0.05) is 17.8 Å². The first kappa shape index (κ1) is 16.0. The number of hydrogen-bond donors (Lipinski definition) is 1. The molecule has 0 fully saturated rings. The SMILES string of the molecule is CCNCc1sc(CCOc2cccc(C)c2C)nc1C. The molecule has 1 aromatic heterocycles. The maximum absolute atomic E-state index is 5.90. The Kier molecular flexibility index (Phi) is 5.76. The van der Waals surface area contributed by atoms with Crippen LogP contribution in [0.25, 0.3) is 0 Å². The molecule has 0 amide bonds. The van der Waals surface area contributed by atoms with Gasteiger partial charge in [0.05, 0.1) is 17.3 Å². The Bertz CT molecular complexity index is 592. The minimum absolute atomic E-state index is 0.678. The van der Waals surface area contributed by atoms with Gasteiger partial charge >= 0.3 is 0 Å². The van der Waals surface area contributed by atoms with E-state index in [9.17, 15) is 0 Å². The van der Waals surface area contributed by atoms with Crippen LogP contribution in [0.4, 0.5) is 0 Å². The van der Waals surface area contributed by atoms with E-state index in [-0.39, 0.29) is 0 Å². The Morgan fingerprint density at radius 1 is 1.24 bits per heavy atom. The quantitative estimate of drug-likeness (QED) is 0.845. The number of aryl methyl sites for hydroxylation is 2. The summed E-state index contributed by atoms with van der Waals surface area (Å²) < 4.78 is 5.90. The van der Waals surface area contributed by atoms with E-state index in [0.29, 0.717) is 6.61 Å². The van der Waals surface area contributed by atoms with Crippen LogP contribution in [0.2, 0.25) is 0 Å². The average Bonchev–Trinajstić information content (AvgIpc) is 2.81. The monoisotopic (exact) mass is 304 g/mol. The summed E-state index contributed by atoms with van der Waals surface area (Å²) in [4.78, 5) is 5.97. The van der Waals surface area contributed by atoms with Crippen molar-refractivity contribution in [3.05, 3.63) is 44.9 Å². The predicted molar refractivity (Wildman–Crippen MR) is 89.3 cm³/mol. The number of benzene rings is 1. The predicted octanol–water partition coefficient (Wildman–Crippen LogP) is 3.80. The molecule has 4 heteroatoms. The Balaban J connectivity index is 1.90. The molecule has 2 aromatic rings. The van der Waals surface area contributed by atoms with E-state index in [1.165, 1.54) is 16.0 Å². The molecule has 0 aliphatic carbocycles. The zero-order valence-corrected chi connectivity index (χ0v) is 14.1. The molecule has 0 bridgehead atoms. The van der Waals surface area contributed by atoms with Crippen molar-refractivity contribution in [2.45, 2.75) is 40.7 Å². The molecule has 0 unspecified atom stereocenters. The lowest BCUT2D eigenvalue weighted by Gasteiger charge is -2.09. The van der Waals surface area contributed by atoms with E-state index in [1.54, 1.807) is 11.3 Å². The topological polar surface area (TPSA) is 34.1 Å². The van der Waals surface area contributed by atoms with E-state index in [4.69, 9.17) is 4.74 Å². The molecule has 21 heavy (non-hydrogen) atoms. The normalized spacial score (nSPS) is 10.9. The number of nitrogens with zero attached hydrogens (tertiary/aromatic N) is 1. The van der Waals surface area contributed by atoms with Gasteiger partial charge in [-0.05, 0) is 44.5 Å². The number of thiazole rings is 1. The summed E-state index contributed by atoms with van der Waals surface area (Å²) >= 11 is 1.79. The van der Waals surface area contributed by atoms with E-state index in [2.05, 4.69) is 44.1 Å². The molecule has 0 aliphatic rings. The van der Waals surface area contributed by atoms with E-state index < -0.39 is 0 Å². The zero-order chi connectivity index (χ0) is 15.2. The standard InChI is InChI=1S/C17H24N2OS/c1-5-18-11-16-14(4)19-17(21-16)9-10-20-15-8-6-7-12(2)13(15)3/h6-8,18H,5,9-11H2,1-4H3. The van der Waals surface area contributed by atoms with Gasteiger partial charge in [0.1, 0.15) is 5.75 Å². The molecule has 0 atom stereocenters. The summed E-state index contributed by atoms with van der Waals surface area (Å²) in [5.41, 5.74) is 3.63. The highest BCUT2D eigenvalue weighted by atomic mass is 32.1. The maximum Gasteiger partial charge on any atom is 0.122 e. The van der Waals surface area contributed by atoms with Crippen LogP contribution < -0.4 is 10.1 Å². The first-order valence-corrected chi connectivity index (χ1v) is 8.28. The summed E-state index contributed by atoms with van der Waals surface area (Å²) in [5.74, 6) is 0.983. The van der Waals surface area contributed by atoms with Crippen molar-refractivity contribution >= 4 is 11.3 Å². The number of nitrogens with one attached hydrogen (secondary N) is 1. The van der Waals surface area contributed by atoms with E-state index >= 15 is 0 Å². The maximum atomic E-state index is 5.90. The summed E-state index contributed by atoms with van der Waals surface area (Å²) in [7, 11) is 0. The van der Waals surface area contributed by atoms with Crippen molar-refractivity contribution in [3.8, 4) is 5.75 Å². The van der Waals surface area contributed by atoms with Crippen LogP contribution in [-0.2, 0) is 13.0 Å². The number of ether oxygens (including phenoxy) is 1. The lowest BCUT2D eigenvalue weighted by Crippen LogP contribution is -2.11. The molecule has 0 saturated carbocycles. The van der Waals surface area contributed by atoms with Gasteiger partial charge in [-0.2, -0.15) is 0 Å². The van der Waals surface area contributed by atoms with Crippen molar-refractivity contribution in [2.24, 2.45) is 0 Å². The molecule has 0 saturated heterocycles. The lowest BCUT2D eigenvalue weighted by atomic mass is 10.1. The summed E-state index contributed by atoms with van der Waals surface area (Å²) in [6.07, 6.45) is 0.866. The Morgan fingerprint density at radius 2 is 2.05 bits per heavy atom. The fourth-order valence-corrected chi connectivity index (χ4v) is 3.15. The lowest BCUT2D eigenvalue weighted by molar-refractivity contribution is 0.319. The van der Waals surface area contributed by atoms with E-state index in [0.717, 1.165) is 36.0 Å². The summed E-state index contributed by atoms with van der Waals surface area (Å²) in [6.45, 7) is 11.0. The molecule has 114 valence electrons. The molecule has 1 heterocycles. The third-order valence-corrected chi connectivity index (χ3v) is 4.82. The smallest absolute Gasteiger partial charge is 0.122 e. The van der Waals surface area contributed by atoms with Crippen molar-refractivity contribution in [3.63, 3.8) is 0 Å². The Labute approximate surface area is 131 Å². The Morgan fingerprint density at radius 3 is 2.81 bits per heavy atom.